The summed E-state index contributed by atoms with van der Waals surface area (Å²) in [4.78, 5) is 11.5. The van der Waals surface area contributed by atoms with Gasteiger partial charge in [-0.25, -0.2) is 9.00 Å². The van der Waals surface area contributed by atoms with Gasteiger partial charge in [0.15, 0.2) is 6.10 Å². The number of esters is 1. The van der Waals surface area contributed by atoms with Crippen LogP contribution in [0.4, 0.5) is 0 Å². The highest BCUT2D eigenvalue weighted by Crippen LogP contribution is 2.25. The van der Waals surface area contributed by atoms with Crippen LogP contribution in [0, 0.1) is 0 Å². The zero-order valence-electron chi connectivity index (χ0n) is 10.1. The van der Waals surface area contributed by atoms with E-state index in [4.69, 9.17) is 4.74 Å². The maximum Gasteiger partial charge on any atom is 0.345 e. The van der Waals surface area contributed by atoms with Crippen molar-refractivity contribution >= 4 is 22.6 Å². The zero-order chi connectivity index (χ0) is 13.5. The van der Waals surface area contributed by atoms with Crippen LogP contribution >= 0.6 is 0 Å². The molecule has 0 aliphatic carbocycles. The first-order valence-corrected chi connectivity index (χ1v) is 6.54. The number of benzene rings is 2. The third kappa shape index (κ3) is 3.63. The summed E-state index contributed by atoms with van der Waals surface area (Å²) in [5.74, 6) is -0.627. The van der Waals surface area contributed by atoms with Crippen molar-refractivity contribution in [1.82, 2.24) is 0 Å². The van der Waals surface area contributed by atoms with Gasteiger partial charge in [-0.3, -0.25) is 0 Å². The Labute approximate surface area is 114 Å². The SMILES string of the molecule is O=S=CC(=O)OC(c1ccccc1)c1ccccc1. The first-order chi connectivity index (χ1) is 9.31. The Hall–Kier alpha value is -2.20. The number of hydrogen-bond donors (Lipinski definition) is 0. The molecule has 0 spiro atoms. The minimum Gasteiger partial charge on any atom is -0.449 e. The molecule has 0 saturated carbocycles. The van der Waals surface area contributed by atoms with Gasteiger partial charge in [0, 0.05) is 0 Å². The Bertz CT molecular complexity index is 550. The lowest BCUT2D eigenvalue weighted by atomic mass is 10.0. The highest BCUT2D eigenvalue weighted by molar-refractivity contribution is 7.66. The minimum atomic E-state index is -0.627. The molecule has 2 rings (SSSR count). The molecule has 2 aromatic rings. The van der Waals surface area contributed by atoms with Crippen molar-refractivity contribution in [2.24, 2.45) is 0 Å². The molecule has 2 aromatic carbocycles. The molecule has 19 heavy (non-hydrogen) atoms. The normalized spacial score (nSPS) is 9.95. The first-order valence-electron chi connectivity index (χ1n) is 5.73. The lowest BCUT2D eigenvalue weighted by molar-refractivity contribution is -0.138. The number of carbonyl (C=O) groups is 1. The Morgan fingerprint density at radius 1 is 0.947 bits per heavy atom. The molecule has 0 heterocycles. The van der Waals surface area contributed by atoms with Crippen molar-refractivity contribution in [2.75, 3.05) is 0 Å². The van der Waals surface area contributed by atoms with Crippen molar-refractivity contribution in [1.29, 1.82) is 0 Å². The van der Waals surface area contributed by atoms with E-state index in [1.165, 1.54) is 0 Å². The average molecular weight is 272 g/mol. The van der Waals surface area contributed by atoms with Gasteiger partial charge < -0.3 is 4.74 Å². The summed E-state index contributed by atoms with van der Waals surface area (Å²) in [5, 5.41) is 0.916. The minimum absolute atomic E-state index is 0.0926. The van der Waals surface area contributed by atoms with Crippen LogP contribution in [0.3, 0.4) is 0 Å². The molecule has 0 bridgehead atoms. The van der Waals surface area contributed by atoms with Gasteiger partial charge in [-0.1, -0.05) is 60.7 Å². The first kappa shape index (κ1) is 13.2. The van der Waals surface area contributed by atoms with E-state index >= 15 is 0 Å². The molecular formula is C15H12O3S. The summed E-state index contributed by atoms with van der Waals surface area (Å²) in [6.45, 7) is 0. The fourth-order valence-electron chi connectivity index (χ4n) is 1.77. The summed E-state index contributed by atoms with van der Waals surface area (Å²) in [5.41, 5.74) is 1.73. The van der Waals surface area contributed by atoms with Gasteiger partial charge in [0.1, 0.15) is 5.37 Å². The summed E-state index contributed by atoms with van der Waals surface area (Å²) in [7, 11) is 0. The van der Waals surface area contributed by atoms with Crippen molar-refractivity contribution in [3.8, 4) is 0 Å². The Balaban J connectivity index is 2.34. The number of ether oxygens (including phenoxy) is 1. The smallest absolute Gasteiger partial charge is 0.345 e. The number of hydrogen-bond acceptors (Lipinski definition) is 3. The van der Waals surface area contributed by atoms with E-state index in [0.29, 0.717) is 0 Å². The van der Waals surface area contributed by atoms with Gasteiger partial charge in [0.2, 0.25) is 0 Å². The van der Waals surface area contributed by atoms with Crippen molar-refractivity contribution in [3.05, 3.63) is 71.8 Å². The van der Waals surface area contributed by atoms with Crippen LogP contribution in [-0.4, -0.2) is 15.5 Å². The molecule has 3 nitrogen and oxygen atoms in total. The van der Waals surface area contributed by atoms with Crippen LogP contribution in [0.5, 0.6) is 0 Å². The summed E-state index contributed by atoms with van der Waals surface area (Å²) >= 11 is 0.0926. The second-order valence-corrected chi connectivity index (χ2v) is 4.28. The van der Waals surface area contributed by atoms with Crippen LogP contribution < -0.4 is 0 Å². The van der Waals surface area contributed by atoms with Crippen LogP contribution in [0.15, 0.2) is 60.7 Å². The largest absolute Gasteiger partial charge is 0.449 e. The highest BCUT2D eigenvalue weighted by atomic mass is 32.1. The maximum atomic E-state index is 11.5. The molecule has 0 N–H and O–H groups in total. The lowest BCUT2D eigenvalue weighted by Crippen LogP contribution is -2.13. The predicted octanol–water partition coefficient (Wildman–Crippen LogP) is 2.33. The molecule has 0 amide bonds. The molecule has 0 saturated heterocycles. The van der Waals surface area contributed by atoms with E-state index in [9.17, 15) is 9.00 Å². The zero-order valence-corrected chi connectivity index (χ0v) is 10.9. The fourth-order valence-corrected chi connectivity index (χ4v) is 1.90. The second-order valence-electron chi connectivity index (χ2n) is 3.85. The number of carbonyl (C=O) groups excluding carboxylic acids is 1. The lowest BCUT2D eigenvalue weighted by Gasteiger charge is -2.17. The van der Waals surface area contributed by atoms with Gasteiger partial charge in [0.05, 0.1) is 11.3 Å². The van der Waals surface area contributed by atoms with Crippen LogP contribution in [-0.2, 0) is 20.8 Å². The average Bonchev–Trinajstić information content (AvgIpc) is 2.47. The monoisotopic (exact) mass is 272 g/mol. The van der Waals surface area contributed by atoms with Crippen LogP contribution in [0.2, 0.25) is 0 Å². The highest BCUT2D eigenvalue weighted by Gasteiger charge is 2.17. The van der Waals surface area contributed by atoms with Gasteiger partial charge >= 0.3 is 5.97 Å². The van der Waals surface area contributed by atoms with E-state index in [-0.39, 0.29) is 11.3 Å². The van der Waals surface area contributed by atoms with Gasteiger partial charge in [-0.15, -0.1) is 0 Å². The molecule has 0 fully saturated rings. The molecule has 0 aliphatic heterocycles. The summed E-state index contributed by atoms with van der Waals surface area (Å²) < 4.78 is 15.7. The van der Waals surface area contributed by atoms with Crippen molar-refractivity contribution in [2.45, 2.75) is 6.10 Å². The summed E-state index contributed by atoms with van der Waals surface area (Å²) in [6.07, 6.45) is -0.502. The van der Waals surface area contributed by atoms with E-state index in [1.54, 1.807) is 0 Å². The van der Waals surface area contributed by atoms with E-state index < -0.39 is 12.1 Å². The molecule has 0 atom stereocenters. The molecule has 4 heteroatoms. The number of rotatable bonds is 4. The molecule has 0 unspecified atom stereocenters. The fraction of sp³-hybridized carbons (Fsp3) is 0.0667. The topological polar surface area (TPSA) is 43.4 Å². The third-order valence-electron chi connectivity index (χ3n) is 2.58. The second kappa shape index (κ2) is 6.66. The maximum absolute atomic E-state index is 11.5. The Kier molecular flexibility index (Phi) is 4.64. The van der Waals surface area contributed by atoms with Gasteiger partial charge in [0.25, 0.3) is 0 Å². The van der Waals surface area contributed by atoms with Gasteiger partial charge in [-0.2, -0.15) is 0 Å². The van der Waals surface area contributed by atoms with E-state index in [1.807, 2.05) is 60.7 Å². The molecular weight excluding hydrogens is 260 g/mol. The molecule has 96 valence electrons. The quantitative estimate of drug-likeness (QED) is 0.634. The molecule has 0 radical (unpaired) electrons. The predicted molar refractivity (Wildman–Crippen MR) is 75.0 cm³/mol. The van der Waals surface area contributed by atoms with E-state index in [0.717, 1.165) is 16.5 Å². The summed E-state index contributed by atoms with van der Waals surface area (Å²) in [6, 6.07) is 18.8. The van der Waals surface area contributed by atoms with E-state index in [2.05, 4.69) is 0 Å². The van der Waals surface area contributed by atoms with Crippen LogP contribution in [0.1, 0.15) is 17.2 Å². The van der Waals surface area contributed by atoms with Crippen molar-refractivity contribution < 1.29 is 13.7 Å². The molecule has 0 aromatic heterocycles. The standard InChI is InChI=1S/C15H12O3S/c16-14(11-19-17)18-15(12-7-3-1-4-8-12)13-9-5-2-6-10-13/h1-11,15H. The van der Waals surface area contributed by atoms with Crippen molar-refractivity contribution in [3.63, 3.8) is 0 Å². The Morgan fingerprint density at radius 3 is 1.84 bits per heavy atom. The van der Waals surface area contributed by atoms with Crippen LogP contribution in [0.25, 0.3) is 0 Å². The third-order valence-corrected chi connectivity index (χ3v) is 2.87. The Morgan fingerprint density at radius 2 is 1.42 bits per heavy atom. The van der Waals surface area contributed by atoms with Gasteiger partial charge in [-0.05, 0) is 11.1 Å². The molecule has 0 aliphatic rings.